The summed E-state index contributed by atoms with van der Waals surface area (Å²) in [5, 5.41) is 9.79. The van der Waals surface area contributed by atoms with Gasteiger partial charge in [-0.2, -0.15) is 0 Å². The summed E-state index contributed by atoms with van der Waals surface area (Å²) >= 11 is 0. The molecule has 3 rings (SSSR count). The first-order chi connectivity index (χ1) is 14.4. The molecule has 2 atom stereocenters. The van der Waals surface area contributed by atoms with Crippen molar-refractivity contribution in [3.63, 3.8) is 0 Å². The van der Waals surface area contributed by atoms with E-state index in [1.807, 2.05) is 38.1 Å². The van der Waals surface area contributed by atoms with Crippen LogP contribution in [0.25, 0.3) is 11.5 Å². The molecule has 0 radical (unpaired) electrons. The Hall–Kier alpha value is -2.83. The van der Waals surface area contributed by atoms with Crippen molar-refractivity contribution < 1.29 is 9.21 Å². The molecule has 0 bridgehead atoms. The number of nitrogens with zero attached hydrogens (tertiary/aromatic N) is 2. The number of carbonyl (C=O) groups excluding carboxylic acids is 1. The lowest BCUT2D eigenvalue weighted by Crippen LogP contribution is -2.47. The highest BCUT2D eigenvalue weighted by atomic mass is 16.3. The number of carbonyl (C=O) groups is 1. The Balaban J connectivity index is 1.51. The summed E-state index contributed by atoms with van der Waals surface area (Å²) in [5.41, 5.74) is 2.97. The van der Waals surface area contributed by atoms with E-state index in [1.165, 1.54) is 5.56 Å². The number of aliphatic imine (C=N–C) groups is 1. The van der Waals surface area contributed by atoms with Crippen molar-refractivity contribution in [1.82, 2.24) is 20.9 Å². The fraction of sp³-hybridized carbons (Fsp3) is 0.522. The highest BCUT2D eigenvalue weighted by Crippen LogP contribution is 2.24. The second-order valence-corrected chi connectivity index (χ2v) is 8.30. The average Bonchev–Trinajstić information content (AvgIpc) is 3.20. The predicted octanol–water partition coefficient (Wildman–Crippen LogP) is 3.40. The van der Waals surface area contributed by atoms with Gasteiger partial charge < -0.3 is 20.4 Å². The van der Waals surface area contributed by atoms with Crippen LogP contribution in [0.15, 0.2) is 39.9 Å². The van der Waals surface area contributed by atoms with E-state index in [-0.39, 0.29) is 23.9 Å². The maximum Gasteiger partial charge on any atom is 0.226 e. The normalized spacial score (nSPS) is 19.6. The van der Waals surface area contributed by atoms with E-state index in [1.54, 1.807) is 13.3 Å². The summed E-state index contributed by atoms with van der Waals surface area (Å²) in [6, 6.07) is 8.51. The van der Waals surface area contributed by atoms with Gasteiger partial charge in [-0.25, -0.2) is 4.98 Å². The zero-order chi connectivity index (χ0) is 21.5. The van der Waals surface area contributed by atoms with Crippen LogP contribution in [0, 0.1) is 12.8 Å². The third kappa shape index (κ3) is 6.08. The second-order valence-electron chi connectivity index (χ2n) is 8.30. The number of nitrogens with one attached hydrogen (secondary N) is 3. The summed E-state index contributed by atoms with van der Waals surface area (Å²) in [6.45, 7) is 6.56. The minimum Gasteiger partial charge on any atom is -0.444 e. The first kappa shape index (κ1) is 21.9. The summed E-state index contributed by atoms with van der Waals surface area (Å²) < 4.78 is 5.62. The third-order valence-electron chi connectivity index (χ3n) is 5.33. The highest BCUT2D eigenvalue weighted by Gasteiger charge is 2.28. The van der Waals surface area contributed by atoms with E-state index in [2.05, 4.69) is 32.9 Å². The van der Waals surface area contributed by atoms with Crippen LogP contribution in [0.2, 0.25) is 0 Å². The van der Waals surface area contributed by atoms with Crippen LogP contribution < -0.4 is 16.0 Å². The molecule has 7 nitrogen and oxygen atoms in total. The smallest absolute Gasteiger partial charge is 0.226 e. The van der Waals surface area contributed by atoms with Gasteiger partial charge in [-0.1, -0.05) is 24.1 Å². The Labute approximate surface area is 178 Å². The van der Waals surface area contributed by atoms with Crippen molar-refractivity contribution in [2.45, 2.75) is 65.1 Å². The van der Waals surface area contributed by atoms with Crippen molar-refractivity contribution in [3.8, 4) is 11.5 Å². The minimum atomic E-state index is 0.0596. The molecule has 2 aromatic rings. The lowest BCUT2D eigenvalue weighted by Gasteiger charge is -2.30. The molecule has 3 N–H and O–H groups in total. The first-order valence-corrected chi connectivity index (χ1v) is 10.7. The van der Waals surface area contributed by atoms with E-state index in [0.29, 0.717) is 18.4 Å². The van der Waals surface area contributed by atoms with Crippen LogP contribution >= 0.6 is 0 Å². The topological polar surface area (TPSA) is 91.6 Å². The Morgan fingerprint density at radius 2 is 2.03 bits per heavy atom. The van der Waals surface area contributed by atoms with Crippen molar-refractivity contribution in [1.29, 1.82) is 0 Å². The number of aromatic nitrogens is 1. The Morgan fingerprint density at radius 1 is 1.27 bits per heavy atom. The van der Waals surface area contributed by atoms with Crippen molar-refractivity contribution in [3.05, 3.63) is 41.8 Å². The van der Waals surface area contributed by atoms with E-state index < -0.39 is 0 Å². The zero-order valence-electron chi connectivity index (χ0n) is 18.4. The number of benzene rings is 1. The molecule has 0 spiro atoms. The number of guanidine groups is 1. The maximum absolute atomic E-state index is 12.4. The van der Waals surface area contributed by atoms with Crippen LogP contribution in [-0.4, -0.2) is 36.0 Å². The van der Waals surface area contributed by atoms with E-state index in [0.717, 1.165) is 36.9 Å². The van der Waals surface area contributed by atoms with Gasteiger partial charge in [0.05, 0.1) is 12.2 Å². The number of amides is 1. The molecule has 1 aromatic heterocycles. The van der Waals surface area contributed by atoms with Gasteiger partial charge in [0.25, 0.3) is 0 Å². The van der Waals surface area contributed by atoms with Crippen molar-refractivity contribution in [2.24, 2.45) is 10.9 Å². The summed E-state index contributed by atoms with van der Waals surface area (Å²) in [4.78, 5) is 21.2. The Kier molecular flexibility index (Phi) is 7.49. The zero-order valence-corrected chi connectivity index (χ0v) is 18.4. The fourth-order valence-electron chi connectivity index (χ4n) is 3.74. The molecule has 0 aliphatic heterocycles. The minimum absolute atomic E-state index is 0.0596. The monoisotopic (exact) mass is 411 g/mol. The van der Waals surface area contributed by atoms with Gasteiger partial charge in [0, 0.05) is 30.6 Å². The predicted molar refractivity (Wildman–Crippen MR) is 119 cm³/mol. The van der Waals surface area contributed by atoms with Crippen LogP contribution in [0.5, 0.6) is 0 Å². The highest BCUT2D eigenvalue weighted by molar-refractivity contribution is 5.81. The molecule has 1 saturated carbocycles. The van der Waals surface area contributed by atoms with Gasteiger partial charge in [0.2, 0.25) is 11.8 Å². The molecule has 1 aliphatic carbocycles. The molecular formula is C23H33N5O2. The van der Waals surface area contributed by atoms with E-state index in [4.69, 9.17) is 4.42 Å². The summed E-state index contributed by atoms with van der Waals surface area (Å²) in [6.07, 6.45) is 5.51. The van der Waals surface area contributed by atoms with Crippen LogP contribution in [-0.2, 0) is 11.3 Å². The lowest BCUT2D eigenvalue weighted by molar-refractivity contribution is -0.126. The SMILES string of the molecule is CN=C(NCc1coc(-c2ccc(C)cc2)n1)NC1CCCC(C(=O)NC(C)C)C1. The van der Waals surface area contributed by atoms with Gasteiger partial charge in [-0.15, -0.1) is 0 Å². The quantitative estimate of drug-likeness (QED) is 0.501. The molecule has 1 fully saturated rings. The number of oxazole rings is 1. The van der Waals surface area contributed by atoms with Gasteiger partial charge >= 0.3 is 0 Å². The molecule has 2 unspecified atom stereocenters. The summed E-state index contributed by atoms with van der Waals surface area (Å²) in [5.74, 6) is 1.54. The standard InChI is InChI=1S/C23H33N5O2/c1-15(2)26-21(29)18-6-5-7-19(12-18)28-23(24-4)25-13-20-14-30-22(27-20)17-10-8-16(3)9-11-17/h8-11,14-15,18-19H,5-7,12-13H2,1-4H3,(H,26,29)(H2,24,25,28). The van der Waals surface area contributed by atoms with Crippen LogP contribution in [0.3, 0.4) is 0 Å². The second kappa shape index (κ2) is 10.3. The van der Waals surface area contributed by atoms with E-state index in [9.17, 15) is 4.79 Å². The van der Waals surface area contributed by atoms with Crippen molar-refractivity contribution in [2.75, 3.05) is 7.05 Å². The largest absolute Gasteiger partial charge is 0.444 e. The van der Waals surface area contributed by atoms with E-state index >= 15 is 0 Å². The van der Waals surface area contributed by atoms with Gasteiger partial charge in [-0.3, -0.25) is 9.79 Å². The number of hydrogen-bond donors (Lipinski definition) is 3. The first-order valence-electron chi connectivity index (χ1n) is 10.7. The fourth-order valence-corrected chi connectivity index (χ4v) is 3.74. The average molecular weight is 412 g/mol. The maximum atomic E-state index is 12.4. The molecule has 0 saturated heterocycles. The third-order valence-corrected chi connectivity index (χ3v) is 5.33. The molecular weight excluding hydrogens is 378 g/mol. The Bertz CT molecular complexity index is 857. The number of rotatable bonds is 6. The lowest BCUT2D eigenvalue weighted by atomic mass is 9.85. The van der Waals surface area contributed by atoms with Gasteiger partial charge in [0.1, 0.15) is 6.26 Å². The van der Waals surface area contributed by atoms with Crippen LogP contribution in [0.1, 0.15) is 50.8 Å². The van der Waals surface area contributed by atoms with Crippen LogP contribution in [0.4, 0.5) is 0 Å². The molecule has 7 heteroatoms. The summed E-state index contributed by atoms with van der Waals surface area (Å²) in [7, 11) is 1.75. The van der Waals surface area contributed by atoms with Gasteiger partial charge in [0.15, 0.2) is 5.96 Å². The molecule has 162 valence electrons. The van der Waals surface area contributed by atoms with Crippen molar-refractivity contribution >= 4 is 11.9 Å². The number of aryl methyl sites for hydroxylation is 1. The van der Waals surface area contributed by atoms with Gasteiger partial charge in [-0.05, 0) is 52.2 Å². The Morgan fingerprint density at radius 3 is 2.73 bits per heavy atom. The molecule has 1 aliphatic rings. The molecule has 1 aromatic carbocycles. The number of hydrogen-bond acceptors (Lipinski definition) is 4. The molecule has 1 amide bonds. The molecule has 30 heavy (non-hydrogen) atoms. The molecule has 1 heterocycles.